The van der Waals surface area contributed by atoms with Crippen LogP contribution < -0.4 is 4.74 Å². The summed E-state index contributed by atoms with van der Waals surface area (Å²) in [7, 11) is 1.69. The maximum atomic E-state index is 8.83. The second kappa shape index (κ2) is 7.33. The number of aliphatic hydroxyl groups is 1. The molecule has 1 aromatic carbocycles. The second-order valence-corrected chi connectivity index (χ2v) is 5.09. The molecule has 0 unspecified atom stereocenters. The Bertz CT molecular complexity index is 497. The molecule has 1 fully saturated rings. The van der Waals surface area contributed by atoms with Crippen LogP contribution in [0.15, 0.2) is 18.2 Å². The van der Waals surface area contributed by atoms with E-state index in [4.69, 9.17) is 9.84 Å². The van der Waals surface area contributed by atoms with E-state index < -0.39 is 0 Å². The Balaban J connectivity index is 2.20. The first-order valence-corrected chi connectivity index (χ1v) is 7.29. The second-order valence-electron chi connectivity index (χ2n) is 5.09. The number of nitrogens with zero attached hydrogens (tertiary/aromatic N) is 1. The molecule has 1 aliphatic carbocycles. The number of aliphatic hydroxyl groups excluding tert-OH is 1. The molecule has 0 spiro atoms. The molecule has 108 valence electrons. The molecule has 1 N–H and O–H groups in total. The van der Waals surface area contributed by atoms with Crippen molar-refractivity contribution in [1.29, 1.82) is 0 Å². The average molecular weight is 273 g/mol. The number of hydrogen-bond donors (Lipinski definition) is 1. The maximum Gasteiger partial charge on any atom is 0.119 e. The molecule has 0 saturated heterocycles. The predicted molar refractivity (Wildman–Crippen MR) is 80.7 cm³/mol. The molecule has 0 heterocycles. The molecule has 1 aromatic rings. The van der Waals surface area contributed by atoms with Crippen LogP contribution in [-0.2, 0) is 6.54 Å². The van der Waals surface area contributed by atoms with E-state index in [9.17, 15) is 0 Å². The van der Waals surface area contributed by atoms with Crippen LogP contribution in [0.25, 0.3) is 0 Å². The molecule has 0 bridgehead atoms. The quantitative estimate of drug-likeness (QED) is 0.808. The fourth-order valence-corrected chi connectivity index (χ4v) is 2.32. The number of rotatable bonds is 6. The summed E-state index contributed by atoms with van der Waals surface area (Å²) in [5, 5.41) is 8.83. The lowest BCUT2D eigenvalue weighted by Crippen LogP contribution is -2.25. The fourth-order valence-electron chi connectivity index (χ4n) is 2.32. The van der Waals surface area contributed by atoms with Gasteiger partial charge in [-0.1, -0.05) is 18.8 Å². The Morgan fingerprint density at radius 3 is 2.80 bits per heavy atom. The first-order valence-electron chi connectivity index (χ1n) is 7.29. The maximum absolute atomic E-state index is 8.83. The van der Waals surface area contributed by atoms with Gasteiger partial charge in [0, 0.05) is 24.6 Å². The summed E-state index contributed by atoms with van der Waals surface area (Å²) in [4.78, 5) is 2.49. The third-order valence-electron chi connectivity index (χ3n) is 3.62. The zero-order chi connectivity index (χ0) is 14.4. The third-order valence-corrected chi connectivity index (χ3v) is 3.62. The van der Waals surface area contributed by atoms with Gasteiger partial charge in [0.25, 0.3) is 0 Å². The highest BCUT2D eigenvalue weighted by Crippen LogP contribution is 2.29. The van der Waals surface area contributed by atoms with Crippen LogP contribution in [0.5, 0.6) is 5.75 Å². The van der Waals surface area contributed by atoms with Gasteiger partial charge in [-0.3, -0.25) is 4.90 Å². The summed E-state index contributed by atoms with van der Waals surface area (Å²) in [6.07, 6.45) is 3.14. The van der Waals surface area contributed by atoms with E-state index in [-0.39, 0.29) is 6.61 Å². The lowest BCUT2D eigenvalue weighted by Gasteiger charge is -2.21. The van der Waals surface area contributed by atoms with Crippen LogP contribution in [0.1, 0.15) is 37.3 Å². The molecule has 2 rings (SSSR count). The van der Waals surface area contributed by atoms with Crippen molar-refractivity contribution >= 4 is 0 Å². The minimum absolute atomic E-state index is 0.113. The highest BCUT2D eigenvalue weighted by molar-refractivity contribution is 5.45. The van der Waals surface area contributed by atoms with E-state index in [1.54, 1.807) is 7.11 Å². The summed E-state index contributed by atoms with van der Waals surface area (Å²) in [5.41, 5.74) is 2.25. The zero-order valence-corrected chi connectivity index (χ0v) is 12.4. The zero-order valence-electron chi connectivity index (χ0n) is 12.4. The van der Waals surface area contributed by atoms with Crippen LogP contribution in [0.4, 0.5) is 0 Å². The summed E-state index contributed by atoms with van der Waals surface area (Å²) >= 11 is 0. The van der Waals surface area contributed by atoms with E-state index in [1.165, 1.54) is 18.4 Å². The monoisotopic (exact) mass is 273 g/mol. The van der Waals surface area contributed by atoms with Crippen LogP contribution in [0, 0.1) is 11.8 Å². The normalized spacial score (nSPS) is 14.0. The molecular weight excluding hydrogens is 250 g/mol. The SMILES string of the molecule is CCN(Cc1cc(OC)ccc1C#CCCO)C1CC1. The van der Waals surface area contributed by atoms with Gasteiger partial charge in [0.2, 0.25) is 0 Å². The van der Waals surface area contributed by atoms with E-state index in [1.807, 2.05) is 12.1 Å². The van der Waals surface area contributed by atoms with Crippen molar-refractivity contribution in [2.45, 2.75) is 38.8 Å². The molecule has 0 radical (unpaired) electrons. The highest BCUT2D eigenvalue weighted by atomic mass is 16.5. The minimum atomic E-state index is 0.113. The van der Waals surface area contributed by atoms with Crippen molar-refractivity contribution in [2.24, 2.45) is 0 Å². The molecule has 1 saturated carbocycles. The molecule has 20 heavy (non-hydrogen) atoms. The molecule has 3 nitrogen and oxygen atoms in total. The van der Waals surface area contributed by atoms with Crippen molar-refractivity contribution in [3.63, 3.8) is 0 Å². The molecular formula is C17H23NO2. The standard InChI is InChI=1S/C17H23NO2/c1-3-18(16-8-9-16)13-15-12-17(20-2)10-7-14(15)6-4-5-11-19/h7,10,12,16,19H,3,5,8-9,11,13H2,1-2H3. The Kier molecular flexibility index (Phi) is 5.46. The number of benzene rings is 1. The Hall–Kier alpha value is -1.50. The predicted octanol–water partition coefficient (Wildman–Crippen LogP) is 2.41. The van der Waals surface area contributed by atoms with Crippen molar-refractivity contribution in [2.75, 3.05) is 20.3 Å². The van der Waals surface area contributed by atoms with Gasteiger partial charge in [0.1, 0.15) is 5.75 Å². The summed E-state index contributed by atoms with van der Waals surface area (Å²) in [6, 6.07) is 6.78. The van der Waals surface area contributed by atoms with Gasteiger partial charge in [-0.05, 0) is 43.1 Å². The lowest BCUT2D eigenvalue weighted by molar-refractivity contribution is 0.268. The van der Waals surface area contributed by atoms with Crippen LogP contribution in [0.2, 0.25) is 0 Å². The van der Waals surface area contributed by atoms with Gasteiger partial charge in [-0.25, -0.2) is 0 Å². The Morgan fingerprint density at radius 2 is 2.20 bits per heavy atom. The summed E-state index contributed by atoms with van der Waals surface area (Å²) in [6.45, 7) is 4.30. The van der Waals surface area contributed by atoms with Crippen molar-refractivity contribution in [1.82, 2.24) is 4.90 Å². The first-order chi connectivity index (χ1) is 9.78. The topological polar surface area (TPSA) is 32.7 Å². The van der Waals surface area contributed by atoms with Gasteiger partial charge in [0.15, 0.2) is 0 Å². The molecule has 0 amide bonds. The van der Waals surface area contributed by atoms with E-state index in [0.29, 0.717) is 6.42 Å². The number of methoxy groups -OCH3 is 1. The van der Waals surface area contributed by atoms with Gasteiger partial charge < -0.3 is 9.84 Å². The molecule has 3 heteroatoms. The van der Waals surface area contributed by atoms with Gasteiger partial charge in [-0.2, -0.15) is 0 Å². The fraction of sp³-hybridized carbons (Fsp3) is 0.529. The summed E-state index contributed by atoms with van der Waals surface area (Å²) < 4.78 is 5.32. The van der Waals surface area contributed by atoms with Gasteiger partial charge in [0.05, 0.1) is 13.7 Å². The van der Waals surface area contributed by atoms with E-state index in [2.05, 4.69) is 29.7 Å². The van der Waals surface area contributed by atoms with Gasteiger partial charge >= 0.3 is 0 Å². The van der Waals surface area contributed by atoms with Crippen LogP contribution in [0.3, 0.4) is 0 Å². The Morgan fingerprint density at radius 1 is 1.40 bits per heavy atom. The smallest absolute Gasteiger partial charge is 0.119 e. The molecule has 0 aromatic heterocycles. The van der Waals surface area contributed by atoms with Gasteiger partial charge in [-0.15, -0.1) is 0 Å². The Labute approximate surface area is 121 Å². The largest absolute Gasteiger partial charge is 0.497 e. The first kappa shape index (κ1) is 14.9. The highest BCUT2D eigenvalue weighted by Gasteiger charge is 2.28. The number of hydrogen-bond acceptors (Lipinski definition) is 3. The van der Waals surface area contributed by atoms with E-state index >= 15 is 0 Å². The number of ether oxygens (including phenoxy) is 1. The van der Waals surface area contributed by atoms with Crippen LogP contribution >= 0.6 is 0 Å². The molecule has 0 atom stereocenters. The molecule has 0 aliphatic heterocycles. The third kappa shape index (κ3) is 4.00. The average Bonchev–Trinajstić information content (AvgIpc) is 3.30. The van der Waals surface area contributed by atoms with Crippen LogP contribution in [-0.4, -0.2) is 36.3 Å². The minimum Gasteiger partial charge on any atom is -0.497 e. The van der Waals surface area contributed by atoms with E-state index in [0.717, 1.165) is 30.4 Å². The van der Waals surface area contributed by atoms with Crippen molar-refractivity contribution in [3.05, 3.63) is 29.3 Å². The van der Waals surface area contributed by atoms with Crippen molar-refractivity contribution < 1.29 is 9.84 Å². The van der Waals surface area contributed by atoms with Crippen molar-refractivity contribution in [3.8, 4) is 17.6 Å². The summed E-state index contributed by atoms with van der Waals surface area (Å²) in [5.74, 6) is 7.04. The lowest BCUT2D eigenvalue weighted by atomic mass is 10.1. The molecule has 1 aliphatic rings.